The first-order chi connectivity index (χ1) is 11.0. The number of nitriles is 1. The first-order valence-corrected chi connectivity index (χ1v) is 8.11. The van der Waals surface area contributed by atoms with E-state index in [1.807, 2.05) is 6.07 Å². The summed E-state index contributed by atoms with van der Waals surface area (Å²) in [6, 6.07) is 5.16. The fourth-order valence-electron chi connectivity index (χ4n) is 3.29. The number of rotatable bonds is 1. The third-order valence-corrected chi connectivity index (χ3v) is 4.80. The second-order valence-electron chi connectivity index (χ2n) is 5.72. The van der Waals surface area contributed by atoms with Crippen LogP contribution in [0.25, 0.3) is 0 Å². The largest absolute Gasteiger partial charge is 0.369 e. The molecule has 0 amide bonds. The molecule has 6 nitrogen and oxygen atoms in total. The van der Waals surface area contributed by atoms with Crippen LogP contribution in [0, 0.1) is 11.3 Å². The molecular formula is C15H16Cl2N6. The zero-order valence-electron chi connectivity index (χ0n) is 12.4. The van der Waals surface area contributed by atoms with Gasteiger partial charge in [-0.15, -0.1) is 0 Å². The summed E-state index contributed by atoms with van der Waals surface area (Å²) in [5.74, 6) is 0.384. The fourth-order valence-corrected chi connectivity index (χ4v) is 3.94. The number of benzene rings is 1. The summed E-state index contributed by atoms with van der Waals surface area (Å²) < 4.78 is 0. The van der Waals surface area contributed by atoms with E-state index in [-0.39, 0.29) is 11.9 Å². The minimum Gasteiger partial charge on any atom is -0.369 e. The molecule has 1 saturated carbocycles. The Balaban J connectivity index is 2.17. The second-order valence-corrected chi connectivity index (χ2v) is 6.53. The Labute approximate surface area is 144 Å². The van der Waals surface area contributed by atoms with Crippen LogP contribution in [-0.2, 0) is 0 Å². The minimum atomic E-state index is -0.615. The van der Waals surface area contributed by atoms with Crippen LogP contribution in [0.5, 0.6) is 0 Å². The third kappa shape index (κ3) is 2.71. The SMILES string of the molecule is N#Cc1cc(Cl)c(N2C(N)=NC(N)=NC23CCCCC3)c(Cl)c1. The fraction of sp³-hybridized carbons (Fsp3) is 0.400. The number of anilines is 1. The van der Waals surface area contributed by atoms with Crippen molar-refractivity contribution in [2.45, 2.75) is 37.8 Å². The molecule has 2 aliphatic rings. The Morgan fingerprint density at radius 2 is 1.74 bits per heavy atom. The Hall–Kier alpha value is -1.97. The Bertz CT molecular complexity index is 720. The van der Waals surface area contributed by atoms with Crippen LogP contribution in [0.1, 0.15) is 37.7 Å². The zero-order chi connectivity index (χ0) is 16.6. The van der Waals surface area contributed by atoms with E-state index in [1.165, 1.54) is 0 Å². The average Bonchev–Trinajstić information content (AvgIpc) is 2.49. The van der Waals surface area contributed by atoms with Gasteiger partial charge in [0, 0.05) is 0 Å². The highest BCUT2D eigenvalue weighted by atomic mass is 35.5. The maximum Gasteiger partial charge on any atom is 0.220 e. The molecular weight excluding hydrogens is 335 g/mol. The van der Waals surface area contributed by atoms with Gasteiger partial charge in [0.05, 0.1) is 27.4 Å². The number of nitrogens with two attached hydrogens (primary N) is 2. The van der Waals surface area contributed by atoms with E-state index in [4.69, 9.17) is 39.9 Å². The van der Waals surface area contributed by atoms with Crippen molar-refractivity contribution in [2.75, 3.05) is 4.90 Å². The summed E-state index contributed by atoms with van der Waals surface area (Å²) in [4.78, 5) is 10.4. The van der Waals surface area contributed by atoms with E-state index >= 15 is 0 Å². The standard InChI is InChI=1S/C15H16Cl2N6/c16-10-6-9(8-18)7-11(17)12(10)23-14(20)21-13(19)22-15(23)4-2-1-3-5-15/h6-7H,1-5H2,(H4,19,20,21,22). The lowest BCUT2D eigenvalue weighted by molar-refractivity contribution is 0.305. The lowest BCUT2D eigenvalue weighted by Gasteiger charge is -2.46. The lowest BCUT2D eigenvalue weighted by atomic mass is 9.87. The van der Waals surface area contributed by atoms with Crippen LogP contribution < -0.4 is 16.4 Å². The molecule has 0 atom stereocenters. The molecule has 0 aromatic heterocycles. The first kappa shape index (κ1) is 15.9. The van der Waals surface area contributed by atoms with Crippen molar-refractivity contribution in [2.24, 2.45) is 21.5 Å². The van der Waals surface area contributed by atoms with Gasteiger partial charge >= 0.3 is 0 Å². The number of nitrogens with zero attached hydrogens (tertiary/aromatic N) is 4. The summed E-state index contributed by atoms with van der Waals surface area (Å²) in [5.41, 5.74) is 12.3. The van der Waals surface area contributed by atoms with Crippen LogP contribution in [0.2, 0.25) is 10.0 Å². The molecule has 8 heteroatoms. The second kappa shape index (κ2) is 5.91. The molecule has 1 aromatic carbocycles. The highest BCUT2D eigenvalue weighted by Crippen LogP contribution is 2.44. The molecule has 120 valence electrons. The van der Waals surface area contributed by atoms with Crippen molar-refractivity contribution in [1.82, 2.24) is 0 Å². The molecule has 1 fully saturated rings. The monoisotopic (exact) mass is 350 g/mol. The summed E-state index contributed by atoms with van der Waals surface area (Å²) in [5, 5.41) is 9.73. The van der Waals surface area contributed by atoms with Crippen LogP contribution in [0.15, 0.2) is 22.1 Å². The first-order valence-electron chi connectivity index (χ1n) is 7.36. The molecule has 1 heterocycles. The van der Waals surface area contributed by atoms with Gasteiger partial charge in [-0.25, -0.2) is 4.99 Å². The van der Waals surface area contributed by atoms with Crippen molar-refractivity contribution in [1.29, 1.82) is 5.26 Å². The van der Waals surface area contributed by atoms with Gasteiger partial charge in [0.1, 0.15) is 5.66 Å². The number of guanidine groups is 2. The number of aliphatic imine (C=N–C) groups is 2. The smallest absolute Gasteiger partial charge is 0.220 e. The van der Waals surface area contributed by atoms with Gasteiger partial charge in [0.2, 0.25) is 11.9 Å². The van der Waals surface area contributed by atoms with Crippen molar-refractivity contribution < 1.29 is 0 Å². The number of hydrogen-bond acceptors (Lipinski definition) is 6. The normalized spacial score (nSPS) is 20.0. The van der Waals surface area contributed by atoms with Crippen LogP contribution in [0.4, 0.5) is 5.69 Å². The lowest BCUT2D eigenvalue weighted by Crippen LogP contribution is -2.58. The highest BCUT2D eigenvalue weighted by molar-refractivity contribution is 6.40. The van der Waals surface area contributed by atoms with Crippen LogP contribution in [-0.4, -0.2) is 17.6 Å². The molecule has 3 rings (SSSR count). The van der Waals surface area contributed by atoms with Gasteiger partial charge in [-0.1, -0.05) is 29.6 Å². The van der Waals surface area contributed by atoms with Gasteiger partial charge < -0.3 is 11.5 Å². The molecule has 23 heavy (non-hydrogen) atoms. The average molecular weight is 351 g/mol. The van der Waals surface area contributed by atoms with Crippen molar-refractivity contribution in [3.05, 3.63) is 27.7 Å². The predicted octanol–water partition coefficient (Wildman–Crippen LogP) is 2.97. The number of halogens is 2. The third-order valence-electron chi connectivity index (χ3n) is 4.22. The van der Waals surface area contributed by atoms with E-state index in [2.05, 4.69) is 9.98 Å². The Morgan fingerprint density at radius 1 is 1.13 bits per heavy atom. The molecule has 0 radical (unpaired) electrons. The maximum atomic E-state index is 9.05. The van der Waals surface area contributed by atoms with Crippen LogP contribution >= 0.6 is 23.2 Å². The van der Waals surface area contributed by atoms with Gasteiger partial charge in [0.25, 0.3) is 0 Å². The van der Waals surface area contributed by atoms with Crippen LogP contribution in [0.3, 0.4) is 0 Å². The van der Waals surface area contributed by atoms with E-state index in [1.54, 1.807) is 17.0 Å². The molecule has 0 bridgehead atoms. The Kier molecular flexibility index (Phi) is 4.09. The van der Waals surface area contributed by atoms with Gasteiger partial charge in [0.15, 0.2) is 0 Å². The maximum absolute atomic E-state index is 9.05. The van der Waals surface area contributed by atoms with E-state index in [0.29, 0.717) is 21.3 Å². The summed E-state index contributed by atoms with van der Waals surface area (Å²) in [7, 11) is 0. The van der Waals surface area contributed by atoms with E-state index < -0.39 is 5.66 Å². The van der Waals surface area contributed by atoms with Gasteiger partial charge in [-0.05, 0) is 37.8 Å². The zero-order valence-corrected chi connectivity index (χ0v) is 13.9. The summed E-state index contributed by atoms with van der Waals surface area (Å²) >= 11 is 12.8. The van der Waals surface area contributed by atoms with Crippen molar-refractivity contribution in [3.8, 4) is 6.07 Å². The predicted molar refractivity (Wildman–Crippen MR) is 92.7 cm³/mol. The Morgan fingerprint density at radius 3 is 2.30 bits per heavy atom. The number of hydrogen-bond donors (Lipinski definition) is 2. The summed E-state index contributed by atoms with van der Waals surface area (Å²) in [6.07, 6.45) is 4.72. The quantitative estimate of drug-likeness (QED) is 0.812. The molecule has 1 aromatic rings. The molecule has 0 unspecified atom stereocenters. The topological polar surface area (TPSA) is 104 Å². The van der Waals surface area contributed by atoms with Crippen molar-refractivity contribution in [3.63, 3.8) is 0 Å². The molecule has 1 aliphatic heterocycles. The van der Waals surface area contributed by atoms with Crippen molar-refractivity contribution >= 4 is 40.8 Å². The van der Waals surface area contributed by atoms with E-state index in [9.17, 15) is 0 Å². The molecule has 4 N–H and O–H groups in total. The molecule has 1 spiro atoms. The minimum absolute atomic E-state index is 0.168. The highest BCUT2D eigenvalue weighted by Gasteiger charge is 2.44. The van der Waals surface area contributed by atoms with Gasteiger partial charge in [-0.2, -0.15) is 10.3 Å². The van der Waals surface area contributed by atoms with Gasteiger partial charge in [-0.3, -0.25) is 4.90 Å². The molecule has 1 aliphatic carbocycles. The van der Waals surface area contributed by atoms with E-state index in [0.717, 1.165) is 32.1 Å². The summed E-state index contributed by atoms with van der Waals surface area (Å²) in [6.45, 7) is 0. The molecule has 0 saturated heterocycles.